The van der Waals surface area contributed by atoms with Gasteiger partial charge in [-0.1, -0.05) is 6.92 Å². The van der Waals surface area contributed by atoms with E-state index in [2.05, 4.69) is 15.3 Å². The molecule has 0 bridgehead atoms. The Hall–Kier alpha value is -1.23. The molecule has 0 aliphatic carbocycles. The largest absolute Gasteiger partial charge is 0.468 e. The van der Waals surface area contributed by atoms with Gasteiger partial charge in [-0.05, 0) is 31.6 Å². The zero-order valence-corrected chi connectivity index (χ0v) is 9.04. The maximum Gasteiger partial charge on any atom is 0.263 e. The first-order valence-corrected chi connectivity index (χ1v) is 4.88. The molecule has 1 N–H and O–H groups in total. The minimum absolute atomic E-state index is 0.110. The van der Waals surface area contributed by atoms with Crippen molar-refractivity contribution in [1.82, 2.24) is 9.97 Å². The molecule has 14 heavy (non-hydrogen) atoms. The second-order valence-corrected chi connectivity index (χ2v) is 3.19. The highest BCUT2D eigenvalue weighted by molar-refractivity contribution is 7.80. The molecule has 0 aromatic carbocycles. The van der Waals surface area contributed by atoms with E-state index in [4.69, 9.17) is 17.0 Å². The maximum atomic E-state index is 5.34. The number of ether oxygens (including phenoxy) is 1. The molecule has 0 spiro atoms. The molecular weight excluding hydrogens is 198 g/mol. The summed E-state index contributed by atoms with van der Waals surface area (Å²) in [6.45, 7) is 3.99. The first-order valence-electron chi connectivity index (χ1n) is 4.47. The second kappa shape index (κ2) is 5.49. The molecule has 1 aromatic rings. The van der Waals surface area contributed by atoms with Gasteiger partial charge in [-0.15, -0.1) is 0 Å². The van der Waals surface area contributed by atoms with Crippen molar-refractivity contribution in [2.45, 2.75) is 26.4 Å². The quantitative estimate of drug-likeness (QED) is 0.775. The third kappa shape index (κ3) is 3.66. The molecule has 0 saturated heterocycles. The van der Waals surface area contributed by atoms with Gasteiger partial charge in [0, 0.05) is 12.4 Å². The van der Waals surface area contributed by atoms with Crippen molar-refractivity contribution < 1.29 is 4.74 Å². The fourth-order valence-electron chi connectivity index (χ4n) is 0.750. The molecule has 0 fully saturated rings. The van der Waals surface area contributed by atoms with E-state index in [-0.39, 0.29) is 6.10 Å². The van der Waals surface area contributed by atoms with Gasteiger partial charge < -0.3 is 4.74 Å². The predicted octanol–water partition coefficient (Wildman–Crippen LogP) is 1.99. The number of hydrogen-bond donors (Lipinski definition) is 1. The van der Waals surface area contributed by atoms with Crippen molar-refractivity contribution in [2.24, 2.45) is 0 Å². The summed E-state index contributed by atoms with van der Waals surface area (Å²) >= 11 is 4.97. The van der Waals surface area contributed by atoms with Crippen molar-refractivity contribution in [3.8, 4) is 0 Å². The molecule has 1 heterocycles. The highest BCUT2D eigenvalue weighted by Gasteiger charge is 2.04. The Morgan fingerprint density at radius 1 is 1.57 bits per heavy atom. The minimum atomic E-state index is 0.110. The summed E-state index contributed by atoms with van der Waals surface area (Å²) < 4.78 is 5.34. The summed E-state index contributed by atoms with van der Waals surface area (Å²) in [7, 11) is 0. The Morgan fingerprint density at radius 2 is 2.21 bits per heavy atom. The fraction of sp³-hybridized carbons (Fsp3) is 0.444. The first-order chi connectivity index (χ1) is 6.72. The van der Waals surface area contributed by atoms with Gasteiger partial charge in [0.1, 0.15) is 0 Å². The average Bonchev–Trinajstić information content (AvgIpc) is 2.19. The van der Waals surface area contributed by atoms with Crippen molar-refractivity contribution in [2.75, 3.05) is 5.32 Å². The molecule has 1 rings (SSSR count). The van der Waals surface area contributed by atoms with Crippen LogP contribution in [0.4, 0.5) is 5.95 Å². The third-order valence-electron chi connectivity index (χ3n) is 1.66. The molecule has 4 nitrogen and oxygen atoms in total. The molecule has 0 radical (unpaired) electrons. The predicted molar refractivity (Wildman–Crippen MR) is 59.1 cm³/mol. The Balaban J connectivity index is 2.42. The van der Waals surface area contributed by atoms with Crippen LogP contribution in [0.25, 0.3) is 0 Å². The van der Waals surface area contributed by atoms with Gasteiger partial charge >= 0.3 is 0 Å². The minimum Gasteiger partial charge on any atom is -0.468 e. The molecule has 5 heteroatoms. The average molecular weight is 211 g/mol. The van der Waals surface area contributed by atoms with Gasteiger partial charge in [0.05, 0.1) is 6.10 Å². The summed E-state index contributed by atoms with van der Waals surface area (Å²) in [5.74, 6) is 0.459. The Kier molecular flexibility index (Phi) is 4.25. The molecule has 0 saturated carbocycles. The number of rotatable bonds is 3. The first kappa shape index (κ1) is 10.8. The van der Waals surface area contributed by atoms with Crippen LogP contribution in [0.15, 0.2) is 18.5 Å². The van der Waals surface area contributed by atoms with Crippen LogP contribution in [0.3, 0.4) is 0 Å². The van der Waals surface area contributed by atoms with E-state index in [9.17, 15) is 0 Å². The van der Waals surface area contributed by atoms with Gasteiger partial charge in [-0.2, -0.15) is 0 Å². The number of hydrogen-bond acceptors (Lipinski definition) is 4. The standard InChI is InChI=1S/C9H13N3OS/c1-3-7(2)13-9(14)12-8-10-5-4-6-11-8/h4-7H,3H2,1-2H3,(H,10,11,12,14). The maximum absolute atomic E-state index is 5.34. The molecule has 0 aliphatic rings. The van der Waals surface area contributed by atoms with Gasteiger partial charge in [0.2, 0.25) is 5.95 Å². The van der Waals surface area contributed by atoms with E-state index in [0.29, 0.717) is 11.1 Å². The Morgan fingerprint density at radius 3 is 2.79 bits per heavy atom. The lowest BCUT2D eigenvalue weighted by Crippen LogP contribution is -2.20. The number of anilines is 1. The topological polar surface area (TPSA) is 47.0 Å². The van der Waals surface area contributed by atoms with Crippen LogP contribution >= 0.6 is 12.2 Å². The second-order valence-electron chi connectivity index (χ2n) is 2.82. The van der Waals surface area contributed by atoms with Crippen LogP contribution < -0.4 is 5.32 Å². The van der Waals surface area contributed by atoms with E-state index in [1.165, 1.54) is 0 Å². The Bertz CT molecular complexity index is 291. The van der Waals surface area contributed by atoms with Gasteiger partial charge in [0.15, 0.2) is 0 Å². The highest BCUT2D eigenvalue weighted by atomic mass is 32.1. The van der Waals surface area contributed by atoms with E-state index in [1.807, 2.05) is 13.8 Å². The van der Waals surface area contributed by atoms with Crippen molar-refractivity contribution in [3.05, 3.63) is 18.5 Å². The van der Waals surface area contributed by atoms with Crippen LogP contribution in [0.1, 0.15) is 20.3 Å². The zero-order chi connectivity index (χ0) is 10.4. The summed E-state index contributed by atoms with van der Waals surface area (Å²) in [5, 5.41) is 3.10. The highest BCUT2D eigenvalue weighted by Crippen LogP contribution is 2.00. The Labute approximate surface area is 88.7 Å². The zero-order valence-electron chi connectivity index (χ0n) is 8.23. The van der Waals surface area contributed by atoms with E-state index >= 15 is 0 Å². The summed E-state index contributed by atoms with van der Waals surface area (Å²) in [4.78, 5) is 7.92. The molecule has 1 aromatic heterocycles. The van der Waals surface area contributed by atoms with Crippen LogP contribution in [-0.4, -0.2) is 21.2 Å². The molecule has 1 unspecified atom stereocenters. The molecule has 0 amide bonds. The molecular formula is C9H13N3OS. The van der Waals surface area contributed by atoms with E-state index in [0.717, 1.165) is 6.42 Å². The monoisotopic (exact) mass is 211 g/mol. The van der Waals surface area contributed by atoms with Gasteiger partial charge in [0.25, 0.3) is 5.17 Å². The van der Waals surface area contributed by atoms with Crippen molar-refractivity contribution in [3.63, 3.8) is 0 Å². The summed E-state index contributed by atoms with van der Waals surface area (Å²) in [6, 6.07) is 1.74. The SMILES string of the molecule is CCC(C)OC(=S)Nc1ncccn1. The van der Waals surface area contributed by atoms with E-state index < -0.39 is 0 Å². The fourth-order valence-corrected chi connectivity index (χ4v) is 1.01. The van der Waals surface area contributed by atoms with E-state index in [1.54, 1.807) is 18.5 Å². The van der Waals surface area contributed by atoms with Crippen LogP contribution in [-0.2, 0) is 4.74 Å². The molecule has 1 atom stereocenters. The van der Waals surface area contributed by atoms with Crippen molar-refractivity contribution >= 4 is 23.3 Å². The van der Waals surface area contributed by atoms with Crippen molar-refractivity contribution in [1.29, 1.82) is 0 Å². The number of aromatic nitrogens is 2. The molecule has 76 valence electrons. The lowest BCUT2D eigenvalue weighted by Gasteiger charge is -2.13. The lowest BCUT2D eigenvalue weighted by atomic mass is 10.3. The van der Waals surface area contributed by atoms with Crippen LogP contribution in [0, 0.1) is 0 Å². The van der Waals surface area contributed by atoms with Crippen LogP contribution in [0.2, 0.25) is 0 Å². The number of thiocarbonyl (C=S) groups is 1. The molecule has 0 aliphatic heterocycles. The number of nitrogens with zero attached hydrogens (tertiary/aromatic N) is 2. The van der Waals surface area contributed by atoms with Gasteiger partial charge in [-0.25, -0.2) is 9.97 Å². The normalized spacial score (nSPS) is 11.9. The lowest BCUT2D eigenvalue weighted by molar-refractivity contribution is 0.209. The smallest absolute Gasteiger partial charge is 0.263 e. The number of nitrogens with one attached hydrogen (secondary N) is 1. The van der Waals surface area contributed by atoms with Gasteiger partial charge in [-0.3, -0.25) is 5.32 Å². The third-order valence-corrected chi connectivity index (χ3v) is 1.86. The summed E-state index contributed by atoms with van der Waals surface area (Å²) in [6.07, 6.45) is 4.30. The summed E-state index contributed by atoms with van der Waals surface area (Å²) in [5.41, 5.74) is 0. The van der Waals surface area contributed by atoms with Crippen LogP contribution in [0.5, 0.6) is 0 Å².